The number of para-hydroxylation sites is 1. The van der Waals surface area contributed by atoms with Crippen molar-refractivity contribution in [1.29, 1.82) is 0 Å². The molecule has 23 heavy (non-hydrogen) atoms. The van der Waals surface area contributed by atoms with E-state index in [1.54, 1.807) is 0 Å². The number of nitrogens with zero attached hydrogens (tertiary/aromatic N) is 4. The summed E-state index contributed by atoms with van der Waals surface area (Å²) in [5, 5.41) is 12.2. The van der Waals surface area contributed by atoms with Crippen LogP contribution in [0.1, 0.15) is 23.2 Å². The smallest absolute Gasteiger partial charge is 0.0645 e. The first-order chi connectivity index (χ1) is 11.2. The van der Waals surface area contributed by atoms with Crippen LogP contribution in [0.3, 0.4) is 0 Å². The molecular formula is C18H23N5. The SMILES string of the molecule is Cc1nn(-c2ccccc2)cc1CCCNCc1cnn(C)c1. The van der Waals surface area contributed by atoms with Crippen molar-refractivity contribution >= 4 is 0 Å². The Hall–Kier alpha value is -2.40. The Morgan fingerprint density at radius 3 is 2.70 bits per heavy atom. The standard InChI is InChI=1S/C18H23N5/c1-15-17(14-23(21-15)18-8-4-3-5-9-18)7-6-10-19-11-16-12-20-22(2)13-16/h3-5,8-9,12-14,19H,6-7,10-11H2,1-2H3. The highest BCUT2D eigenvalue weighted by atomic mass is 15.3. The van der Waals surface area contributed by atoms with Gasteiger partial charge in [-0.05, 0) is 44.0 Å². The largest absolute Gasteiger partial charge is 0.313 e. The third-order valence-electron chi connectivity index (χ3n) is 3.91. The Bertz CT molecular complexity index is 742. The lowest BCUT2D eigenvalue weighted by Crippen LogP contribution is -2.15. The van der Waals surface area contributed by atoms with E-state index in [9.17, 15) is 0 Å². The molecule has 0 radical (unpaired) electrons. The molecule has 1 N–H and O–H groups in total. The van der Waals surface area contributed by atoms with Crippen LogP contribution in [-0.2, 0) is 20.0 Å². The summed E-state index contributed by atoms with van der Waals surface area (Å²) in [5.41, 5.74) is 4.76. The lowest BCUT2D eigenvalue weighted by atomic mass is 10.1. The molecule has 2 heterocycles. The van der Waals surface area contributed by atoms with Crippen LogP contribution in [0.15, 0.2) is 48.9 Å². The predicted octanol–water partition coefficient (Wildman–Crippen LogP) is 2.64. The quantitative estimate of drug-likeness (QED) is 0.683. The zero-order valence-electron chi connectivity index (χ0n) is 13.7. The monoisotopic (exact) mass is 309 g/mol. The summed E-state index contributed by atoms with van der Waals surface area (Å²) in [5.74, 6) is 0. The van der Waals surface area contributed by atoms with Crippen LogP contribution in [-0.4, -0.2) is 26.1 Å². The second kappa shape index (κ2) is 7.24. The topological polar surface area (TPSA) is 47.7 Å². The van der Waals surface area contributed by atoms with E-state index in [0.717, 1.165) is 37.3 Å². The maximum Gasteiger partial charge on any atom is 0.0645 e. The van der Waals surface area contributed by atoms with Gasteiger partial charge >= 0.3 is 0 Å². The Morgan fingerprint density at radius 1 is 1.13 bits per heavy atom. The van der Waals surface area contributed by atoms with E-state index in [2.05, 4.69) is 40.8 Å². The first-order valence-electron chi connectivity index (χ1n) is 8.01. The van der Waals surface area contributed by atoms with Gasteiger partial charge in [-0.3, -0.25) is 4.68 Å². The fourth-order valence-electron chi connectivity index (χ4n) is 2.65. The Morgan fingerprint density at radius 2 is 1.96 bits per heavy atom. The minimum atomic E-state index is 0.871. The minimum Gasteiger partial charge on any atom is -0.313 e. The molecule has 5 heteroatoms. The Labute approximate surface area is 136 Å². The highest BCUT2D eigenvalue weighted by molar-refractivity contribution is 5.32. The molecule has 3 rings (SSSR count). The van der Waals surface area contributed by atoms with Crippen LogP contribution in [0.4, 0.5) is 0 Å². The van der Waals surface area contributed by atoms with E-state index in [1.165, 1.54) is 11.1 Å². The lowest BCUT2D eigenvalue weighted by Gasteiger charge is -2.02. The van der Waals surface area contributed by atoms with Crippen LogP contribution in [0.5, 0.6) is 0 Å². The van der Waals surface area contributed by atoms with Gasteiger partial charge in [-0.25, -0.2) is 4.68 Å². The summed E-state index contributed by atoms with van der Waals surface area (Å²) in [7, 11) is 1.94. The fraction of sp³-hybridized carbons (Fsp3) is 0.333. The minimum absolute atomic E-state index is 0.871. The van der Waals surface area contributed by atoms with Crippen molar-refractivity contribution < 1.29 is 0 Å². The van der Waals surface area contributed by atoms with Crippen molar-refractivity contribution in [3.8, 4) is 5.69 Å². The molecule has 0 atom stereocenters. The molecule has 0 saturated heterocycles. The molecule has 1 aromatic carbocycles. The van der Waals surface area contributed by atoms with Gasteiger partial charge in [0.2, 0.25) is 0 Å². The average molecular weight is 309 g/mol. The normalized spacial score (nSPS) is 11.0. The third-order valence-corrected chi connectivity index (χ3v) is 3.91. The first kappa shape index (κ1) is 15.5. The molecule has 0 fully saturated rings. The highest BCUT2D eigenvalue weighted by Crippen LogP contribution is 2.13. The zero-order valence-corrected chi connectivity index (χ0v) is 13.7. The summed E-state index contributed by atoms with van der Waals surface area (Å²) in [4.78, 5) is 0. The number of aromatic nitrogens is 4. The molecular weight excluding hydrogens is 286 g/mol. The molecule has 3 aromatic rings. The molecule has 0 aliphatic rings. The van der Waals surface area contributed by atoms with E-state index in [-0.39, 0.29) is 0 Å². The second-order valence-electron chi connectivity index (χ2n) is 5.82. The number of hydrogen-bond donors (Lipinski definition) is 1. The van der Waals surface area contributed by atoms with Gasteiger partial charge in [-0.15, -0.1) is 0 Å². The van der Waals surface area contributed by atoms with E-state index >= 15 is 0 Å². The Balaban J connectivity index is 1.48. The van der Waals surface area contributed by atoms with E-state index in [4.69, 9.17) is 0 Å². The summed E-state index contributed by atoms with van der Waals surface area (Å²) >= 11 is 0. The highest BCUT2D eigenvalue weighted by Gasteiger charge is 2.06. The van der Waals surface area contributed by atoms with Crippen LogP contribution in [0.25, 0.3) is 5.69 Å². The molecule has 120 valence electrons. The van der Waals surface area contributed by atoms with Gasteiger partial charge in [-0.2, -0.15) is 10.2 Å². The van der Waals surface area contributed by atoms with Gasteiger partial charge in [0.1, 0.15) is 0 Å². The summed E-state index contributed by atoms with van der Waals surface area (Å²) in [6.07, 6.45) is 8.23. The average Bonchev–Trinajstić information content (AvgIpc) is 3.14. The van der Waals surface area contributed by atoms with Crippen molar-refractivity contribution in [2.24, 2.45) is 7.05 Å². The van der Waals surface area contributed by atoms with E-state index in [1.807, 2.05) is 47.0 Å². The van der Waals surface area contributed by atoms with Gasteiger partial charge in [0, 0.05) is 31.5 Å². The molecule has 0 unspecified atom stereocenters. The molecule has 0 spiro atoms. The third kappa shape index (κ3) is 4.07. The van der Waals surface area contributed by atoms with E-state index < -0.39 is 0 Å². The number of rotatable bonds is 7. The number of nitrogens with one attached hydrogen (secondary N) is 1. The maximum absolute atomic E-state index is 4.62. The van der Waals surface area contributed by atoms with Crippen LogP contribution in [0.2, 0.25) is 0 Å². The van der Waals surface area contributed by atoms with Crippen molar-refractivity contribution in [3.63, 3.8) is 0 Å². The van der Waals surface area contributed by atoms with Gasteiger partial charge in [-0.1, -0.05) is 18.2 Å². The summed E-state index contributed by atoms with van der Waals surface area (Å²) < 4.78 is 3.80. The van der Waals surface area contributed by atoms with Crippen LogP contribution >= 0.6 is 0 Å². The molecule has 5 nitrogen and oxygen atoms in total. The number of hydrogen-bond acceptors (Lipinski definition) is 3. The molecule has 0 amide bonds. The molecule has 2 aromatic heterocycles. The van der Waals surface area contributed by atoms with Gasteiger partial charge in [0.05, 0.1) is 17.6 Å². The fourth-order valence-corrected chi connectivity index (χ4v) is 2.65. The molecule has 0 aliphatic heterocycles. The van der Waals surface area contributed by atoms with Crippen LogP contribution in [0, 0.1) is 6.92 Å². The van der Waals surface area contributed by atoms with Gasteiger partial charge < -0.3 is 5.32 Å². The predicted molar refractivity (Wildman–Crippen MR) is 91.5 cm³/mol. The van der Waals surface area contributed by atoms with Gasteiger partial charge in [0.15, 0.2) is 0 Å². The molecule has 0 saturated carbocycles. The van der Waals surface area contributed by atoms with Crippen molar-refractivity contribution in [2.45, 2.75) is 26.3 Å². The summed E-state index contributed by atoms with van der Waals surface area (Å²) in [6, 6.07) is 10.2. The number of benzene rings is 1. The lowest BCUT2D eigenvalue weighted by molar-refractivity contribution is 0.648. The molecule has 0 aliphatic carbocycles. The first-order valence-corrected chi connectivity index (χ1v) is 8.01. The number of aryl methyl sites for hydroxylation is 3. The Kier molecular flexibility index (Phi) is 4.88. The van der Waals surface area contributed by atoms with Crippen molar-refractivity contribution in [3.05, 3.63) is 65.7 Å². The van der Waals surface area contributed by atoms with Crippen LogP contribution < -0.4 is 5.32 Å². The summed E-state index contributed by atoms with van der Waals surface area (Å²) in [6.45, 7) is 3.94. The maximum atomic E-state index is 4.62. The van der Waals surface area contributed by atoms with Crippen molar-refractivity contribution in [1.82, 2.24) is 24.9 Å². The molecule has 0 bridgehead atoms. The van der Waals surface area contributed by atoms with E-state index in [0.29, 0.717) is 0 Å². The van der Waals surface area contributed by atoms with Gasteiger partial charge in [0.25, 0.3) is 0 Å². The van der Waals surface area contributed by atoms with Crippen molar-refractivity contribution in [2.75, 3.05) is 6.54 Å². The zero-order chi connectivity index (χ0) is 16.1. The second-order valence-corrected chi connectivity index (χ2v) is 5.82.